The van der Waals surface area contributed by atoms with Crippen molar-refractivity contribution in [3.8, 4) is 0 Å². The van der Waals surface area contributed by atoms with E-state index < -0.39 is 61.9 Å². The molecule has 0 aromatic heterocycles. The second-order valence-electron chi connectivity index (χ2n) is 8.82. The Bertz CT molecular complexity index is 469. The maximum absolute atomic E-state index is 10.5. The number of nitrogens with two attached hydrogens (primary N) is 1. The van der Waals surface area contributed by atoms with Crippen molar-refractivity contribution in [3.05, 3.63) is 0 Å². The fourth-order valence-corrected chi connectivity index (χ4v) is 4.12. The van der Waals surface area contributed by atoms with Crippen LogP contribution in [0.3, 0.4) is 0 Å². The smallest absolute Gasteiger partial charge is 0.111 e. The van der Waals surface area contributed by atoms with Gasteiger partial charge >= 0.3 is 0 Å². The summed E-state index contributed by atoms with van der Waals surface area (Å²) in [5.74, 6) is -0.564. The van der Waals surface area contributed by atoms with Crippen molar-refractivity contribution in [2.75, 3.05) is 52.5 Å². The van der Waals surface area contributed by atoms with E-state index in [4.69, 9.17) is 15.9 Å². The quantitative estimate of drug-likeness (QED) is 0.109. The normalized spacial score (nSPS) is 24.0. The molecule has 0 aliphatic carbocycles. The van der Waals surface area contributed by atoms with Gasteiger partial charge in [-0.25, -0.2) is 0 Å². The molecule has 1 heterocycles. The van der Waals surface area contributed by atoms with Crippen LogP contribution in [0.5, 0.6) is 0 Å². The largest absolute Gasteiger partial charge is 0.394 e. The summed E-state index contributed by atoms with van der Waals surface area (Å²) in [6, 6.07) is -0.0275. The van der Waals surface area contributed by atoms with E-state index in [9.17, 15) is 35.7 Å². The first-order valence-electron chi connectivity index (χ1n) is 11.2. The van der Waals surface area contributed by atoms with Crippen LogP contribution in [0.2, 0.25) is 0 Å². The van der Waals surface area contributed by atoms with Gasteiger partial charge in [-0.15, -0.1) is 0 Å². The lowest BCUT2D eigenvalue weighted by Gasteiger charge is -2.42. The van der Waals surface area contributed by atoms with E-state index in [0.717, 1.165) is 32.5 Å². The minimum Gasteiger partial charge on any atom is -0.394 e. The summed E-state index contributed by atoms with van der Waals surface area (Å²) in [4.78, 5) is 4.05. The molecule has 1 fully saturated rings. The first kappa shape index (κ1) is 29.6. The van der Waals surface area contributed by atoms with E-state index in [1.165, 1.54) is 0 Å². The number of aliphatic hydroxyl groups excluding tert-OH is 9. The molecule has 0 unspecified atom stereocenters. The zero-order valence-corrected chi connectivity index (χ0v) is 18.8. The molecule has 0 radical (unpaired) electrons. The zero-order chi connectivity index (χ0) is 24.4. The van der Waals surface area contributed by atoms with E-state index in [0.29, 0.717) is 6.54 Å². The first-order chi connectivity index (χ1) is 15.1. The minimum atomic E-state index is -1.74. The molecule has 8 atom stereocenters. The molecule has 0 aromatic rings. The van der Waals surface area contributed by atoms with Gasteiger partial charge in [-0.3, -0.25) is 4.90 Å². The molecule has 32 heavy (non-hydrogen) atoms. The van der Waals surface area contributed by atoms with Crippen LogP contribution >= 0.6 is 0 Å². The molecule has 12 nitrogen and oxygen atoms in total. The van der Waals surface area contributed by atoms with E-state index in [1.54, 1.807) is 6.92 Å². The lowest BCUT2D eigenvalue weighted by atomic mass is 9.93. The molecule has 192 valence electrons. The molecule has 11 N–H and O–H groups in total. The lowest BCUT2D eigenvalue weighted by molar-refractivity contribution is -0.125. The lowest BCUT2D eigenvalue weighted by Crippen LogP contribution is -2.55. The molecule has 12 heteroatoms. The van der Waals surface area contributed by atoms with Crippen molar-refractivity contribution in [3.63, 3.8) is 0 Å². The minimum absolute atomic E-state index is 0.0275. The Kier molecular flexibility index (Phi) is 13.6. The maximum atomic E-state index is 10.5. The Morgan fingerprint density at radius 1 is 0.781 bits per heavy atom. The van der Waals surface area contributed by atoms with Crippen molar-refractivity contribution in [1.82, 2.24) is 9.80 Å². The van der Waals surface area contributed by atoms with Crippen molar-refractivity contribution in [2.45, 2.75) is 68.5 Å². The Balaban J connectivity index is 2.89. The summed E-state index contributed by atoms with van der Waals surface area (Å²) in [5.41, 5.74) is 5.62. The Labute approximate surface area is 189 Å². The SMILES string of the molecule is C[C@@H](CN(C[C@H](O)[C@@H](O)[C@H](O)[C@H](O)CO)C1CCN(CCN)CC1)[C@@H](O)[C@H](O)[C@H](O)CO. The highest BCUT2D eigenvalue weighted by Crippen LogP contribution is 2.21. The van der Waals surface area contributed by atoms with Gasteiger partial charge in [0.15, 0.2) is 0 Å². The second kappa shape index (κ2) is 14.7. The molecule has 1 aliphatic rings. The van der Waals surface area contributed by atoms with E-state index >= 15 is 0 Å². The van der Waals surface area contributed by atoms with Crippen LogP contribution in [0.25, 0.3) is 0 Å². The zero-order valence-electron chi connectivity index (χ0n) is 18.8. The second-order valence-corrected chi connectivity index (χ2v) is 8.82. The predicted molar refractivity (Wildman–Crippen MR) is 115 cm³/mol. The third-order valence-corrected chi connectivity index (χ3v) is 6.30. The molecular weight excluding hydrogens is 426 g/mol. The number of likely N-dealkylation sites (tertiary alicyclic amines) is 1. The maximum Gasteiger partial charge on any atom is 0.111 e. The van der Waals surface area contributed by atoms with Crippen LogP contribution in [0, 0.1) is 5.92 Å². The summed E-state index contributed by atoms with van der Waals surface area (Å²) in [6.07, 6.45) is -9.45. The highest BCUT2D eigenvalue weighted by molar-refractivity contribution is 4.89. The van der Waals surface area contributed by atoms with Crippen molar-refractivity contribution >= 4 is 0 Å². The molecule has 1 rings (SSSR count). The number of piperidine rings is 1. The summed E-state index contributed by atoms with van der Waals surface area (Å²) in [6.45, 7) is 3.12. The topological polar surface area (TPSA) is 215 Å². The number of hydrogen-bond donors (Lipinski definition) is 10. The van der Waals surface area contributed by atoms with Gasteiger partial charge in [-0.2, -0.15) is 0 Å². The van der Waals surface area contributed by atoms with Crippen LogP contribution in [-0.4, -0.2) is 157 Å². The fraction of sp³-hybridized carbons (Fsp3) is 1.00. The molecule has 0 spiro atoms. The van der Waals surface area contributed by atoms with Gasteiger partial charge in [-0.1, -0.05) is 6.92 Å². The third-order valence-electron chi connectivity index (χ3n) is 6.30. The average Bonchev–Trinajstić information content (AvgIpc) is 2.80. The van der Waals surface area contributed by atoms with Gasteiger partial charge in [0.1, 0.15) is 30.5 Å². The summed E-state index contributed by atoms with van der Waals surface area (Å²) in [5, 5.41) is 88.2. The Morgan fingerprint density at radius 3 is 1.72 bits per heavy atom. The van der Waals surface area contributed by atoms with E-state index in [-0.39, 0.29) is 19.1 Å². The van der Waals surface area contributed by atoms with Crippen LogP contribution in [-0.2, 0) is 0 Å². The molecule has 0 aromatic carbocycles. The highest BCUT2D eigenvalue weighted by atomic mass is 16.4. The van der Waals surface area contributed by atoms with Crippen LogP contribution < -0.4 is 5.73 Å². The average molecular weight is 470 g/mol. The molecule has 0 amide bonds. The van der Waals surface area contributed by atoms with Gasteiger partial charge in [0.2, 0.25) is 0 Å². The number of rotatable bonds is 15. The molecule has 0 bridgehead atoms. The first-order valence-corrected chi connectivity index (χ1v) is 11.2. The number of aliphatic hydroxyl groups is 9. The standard InChI is InChI=1S/C20H43N3O9/c1-12(17(29)19(31)15(27)10-24)8-23(13-2-5-22(6-3-13)7-4-21)9-14(26)18(30)20(32)16(28)11-25/h12-20,24-32H,2-11,21H2,1H3/t12-,14-,15+,16+,17+,18+,19+,20+/m0/s1. The molecular formula is C20H43N3O9. The van der Waals surface area contributed by atoms with Gasteiger partial charge in [0.05, 0.1) is 25.4 Å². The fourth-order valence-electron chi connectivity index (χ4n) is 4.12. The monoisotopic (exact) mass is 469 g/mol. The highest BCUT2D eigenvalue weighted by Gasteiger charge is 2.36. The number of nitrogens with zero attached hydrogens (tertiary/aromatic N) is 2. The van der Waals surface area contributed by atoms with Crippen molar-refractivity contribution in [1.29, 1.82) is 0 Å². The van der Waals surface area contributed by atoms with Gasteiger partial charge < -0.3 is 56.6 Å². The van der Waals surface area contributed by atoms with E-state index in [2.05, 4.69) is 4.90 Å². The van der Waals surface area contributed by atoms with Gasteiger partial charge in [-0.05, 0) is 31.8 Å². The van der Waals surface area contributed by atoms with Crippen molar-refractivity contribution in [2.24, 2.45) is 11.7 Å². The molecule has 1 aliphatic heterocycles. The molecule has 1 saturated heterocycles. The Morgan fingerprint density at radius 2 is 1.25 bits per heavy atom. The summed E-state index contributed by atoms with van der Waals surface area (Å²) >= 11 is 0. The summed E-state index contributed by atoms with van der Waals surface area (Å²) in [7, 11) is 0. The third kappa shape index (κ3) is 8.70. The summed E-state index contributed by atoms with van der Waals surface area (Å²) < 4.78 is 0. The van der Waals surface area contributed by atoms with Crippen LogP contribution in [0.1, 0.15) is 19.8 Å². The number of hydrogen-bond acceptors (Lipinski definition) is 12. The van der Waals surface area contributed by atoms with Crippen LogP contribution in [0.4, 0.5) is 0 Å². The van der Waals surface area contributed by atoms with E-state index in [1.807, 2.05) is 4.90 Å². The molecule has 0 saturated carbocycles. The van der Waals surface area contributed by atoms with Crippen LogP contribution in [0.15, 0.2) is 0 Å². The predicted octanol–water partition coefficient (Wildman–Crippen LogP) is -5.14. The Hall–Kier alpha value is -0.480. The van der Waals surface area contributed by atoms with Crippen molar-refractivity contribution < 1.29 is 46.0 Å². The van der Waals surface area contributed by atoms with Gasteiger partial charge in [0.25, 0.3) is 0 Å². The van der Waals surface area contributed by atoms with Gasteiger partial charge in [0, 0.05) is 32.2 Å².